The largest absolute Gasteiger partial charge is 0.498 e. The monoisotopic (exact) mass is 234 g/mol. The third-order valence-corrected chi connectivity index (χ3v) is 4.17. The normalized spacial score (nSPS) is 26.5. The van der Waals surface area contributed by atoms with Crippen LogP contribution in [-0.4, -0.2) is 28.5 Å². The fourth-order valence-corrected chi connectivity index (χ4v) is 2.15. The topological polar surface area (TPSA) is 47.1 Å². The van der Waals surface area contributed by atoms with Crippen LogP contribution in [0.3, 0.4) is 0 Å². The van der Waals surface area contributed by atoms with Gasteiger partial charge in [0.15, 0.2) is 0 Å². The molecule has 2 heterocycles. The van der Waals surface area contributed by atoms with Gasteiger partial charge in [-0.25, -0.2) is 0 Å². The third kappa shape index (κ3) is 1.72. The number of H-pyrrole nitrogens is 1. The Balaban J connectivity index is 1.89. The van der Waals surface area contributed by atoms with Gasteiger partial charge in [-0.05, 0) is 40.5 Å². The second-order valence-corrected chi connectivity index (χ2v) is 6.09. The first-order valence-electron chi connectivity index (χ1n) is 6.30. The molecule has 0 amide bonds. The number of hydrogen-bond donors (Lipinski definition) is 1. The molecule has 0 bridgehead atoms. The molecule has 2 aliphatic rings. The summed E-state index contributed by atoms with van der Waals surface area (Å²) in [4.78, 5) is 0. The van der Waals surface area contributed by atoms with Gasteiger partial charge in [-0.15, -0.1) is 0 Å². The highest BCUT2D eigenvalue weighted by atomic mass is 16.7. The number of rotatable bonds is 2. The van der Waals surface area contributed by atoms with E-state index in [1.54, 1.807) is 0 Å². The molecule has 1 saturated heterocycles. The summed E-state index contributed by atoms with van der Waals surface area (Å²) in [5.41, 5.74) is 1.64. The van der Waals surface area contributed by atoms with Crippen LogP contribution in [0.15, 0.2) is 6.20 Å². The molecule has 0 unspecified atom stereocenters. The molecule has 0 radical (unpaired) electrons. The molecule has 17 heavy (non-hydrogen) atoms. The summed E-state index contributed by atoms with van der Waals surface area (Å²) in [5, 5.41) is 7.27. The third-order valence-electron chi connectivity index (χ3n) is 4.17. The number of aromatic nitrogens is 2. The van der Waals surface area contributed by atoms with Crippen molar-refractivity contribution in [1.29, 1.82) is 0 Å². The Morgan fingerprint density at radius 2 is 1.82 bits per heavy atom. The Hall–Kier alpha value is -0.805. The van der Waals surface area contributed by atoms with Crippen LogP contribution in [-0.2, 0) is 9.31 Å². The van der Waals surface area contributed by atoms with Gasteiger partial charge in [0, 0.05) is 17.6 Å². The summed E-state index contributed by atoms with van der Waals surface area (Å²) >= 11 is 0. The fraction of sp³-hybridized carbons (Fsp3) is 0.750. The summed E-state index contributed by atoms with van der Waals surface area (Å²) in [6, 6.07) is 0. The Bertz CT molecular complexity index is 421. The minimum absolute atomic E-state index is 0.282. The van der Waals surface area contributed by atoms with Gasteiger partial charge in [0.25, 0.3) is 0 Å². The van der Waals surface area contributed by atoms with Crippen molar-refractivity contribution in [2.45, 2.75) is 57.7 Å². The standard InChI is InChI=1S/C12H19BN2O2/c1-11(2)12(3,4)17-13(16-11)9-7-14-15-10(9)8-5-6-8/h7-8H,5-6H2,1-4H3,(H,14,15). The average Bonchev–Trinajstić information content (AvgIpc) is 2.88. The molecule has 0 atom stereocenters. The van der Waals surface area contributed by atoms with Gasteiger partial charge in [-0.1, -0.05) is 0 Å². The van der Waals surface area contributed by atoms with Crippen LogP contribution in [0.2, 0.25) is 0 Å². The summed E-state index contributed by atoms with van der Waals surface area (Å²) in [5.74, 6) is 0.607. The van der Waals surface area contributed by atoms with Crippen LogP contribution in [0.4, 0.5) is 0 Å². The molecule has 1 N–H and O–H groups in total. The first-order chi connectivity index (χ1) is 7.91. The molecule has 1 aliphatic carbocycles. The second-order valence-electron chi connectivity index (χ2n) is 6.09. The van der Waals surface area contributed by atoms with Crippen molar-refractivity contribution in [1.82, 2.24) is 10.2 Å². The maximum absolute atomic E-state index is 6.04. The van der Waals surface area contributed by atoms with Crippen molar-refractivity contribution in [2.24, 2.45) is 0 Å². The van der Waals surface area contributed by atoms with Gasteiger partial charge in [0.2, 0.25) is 0 Å². The molecule has 5 heteroatoms. The van der Waals surface area contributed by atoms with Gasteiger partial charge < -0.3 is 9.31 Å². The number of aromatic amines is 1. The van der Waals surface area contributed by atoms with E-state index in [4.69, 9.17) is 9.31 Å². The van der Waals surface area contributed by atoms with Crippen LogP contribution < -0.4 is 5.46 Å². The van der Waals surface area contributed by atoms with Crippen molar-refractivity contribution in [3.63, 3.8) is 0 Å². The van der Waals surface area contributed by atoms with Crippen molar-refractivity contribution in [2.75, 3.05) is 0 Å². The Labute approximate surface area is 102 Å². The summed E-state index contributed by atoms with van der Waals surface area (Å²) in [6.45, 7) is 8.29. The minimum Gasteiger partial charge on any atom is -0.399 e. The van der Waals surface area contributed by atoms with E-state index >= 15 is 0 Å². The fourth-order valence-electron chi connectivity index (χ4n) is 2.15. The SMILES string of the molecule is CC1(C)OB(c2c[nH]nc2C2CC2)OC1(C)C. The number of nitrogens with zero attached hydrogens (tertiary/aromatic N) is 1. The van der Waals surface area contributed by atoms with E-state index in [1.807, 2.05) is 6.20 Å². The predicted octanol–water partition coefficient (Wildman–Crippen LogP) is 1.59. The van der Waals surface area contributed by atoms with E-state index in [1.165, 1.54) is 12.8 Å². The zero-order chi connectivity index (χ0) is 12.3. The van der Waals surface area contributed by atoms with Gasteiger partial charge in [-0.2, -0.15) is 5.10 Å². The molecule has 3 rings (SSSR count). The van der Waals surface area contributed by atoms with Crippen LogP contribution in [0.1, 0.15) is 52.1 Å². The number of hydrogen-bond acceptors (Lipinski definition) is 3. The van der Waals surface area contributed by atoms with E-state index in [0.717, 1.165) is 11.2 Å². The van der Waals surface area contributed by atoms with Crippen molar-refractivity contribution in [3.8, 4) is 0 Å². The number of nitrogens with one attached hydrogen (secondary N) is 1. The molecule has 1 aliphatic heterocycles. The Morgan fingerprint density at radius 1 is 1.24 bits per heavy atom. The maximum atomic E-state index is 6.04. The summed E-state index contributed by atoms with van der Waals surface area (Å²) in [7, 11) is -0.283. The molecular weight excluding hydrogens is 215 g/mol. The summed E-state index contributed by atoms with van der Waals surface area (Å²) < 4.78 is 12.1. The molecule has 1 saturated carbocycles. The second kappa shape index (κ2) is 3.36. The minimum atomic E-state index is -0.283. The van der Waals surface area contributed by atoms with Gasteiger partial charge in [-0.3, -0.25) is 5.10 Å². The maximum Gasteiger partial charge on any atom is 0.498 e. The average molecular weight is 234 g/mol. The lowest BCUT2D eigenvalue weighted by molar-refractivity contribution is 0.00578. The molecule has 1 aromatic rings. The van der Waals surface area contributed by atoms with Crippen LogP contribution in [0.25, 0.3) is 0 Å². The molecule has 4 nitrogen and oxygen atoms in total. The van der Waals surface area contributed by atoms with Crippen molar-refractivity contribution < 1.29 is 9.31 Å². The highest BCUT2D eigenvalue weighted by Gasteiger charge is 2.53. The molecule has 0 spiro atoms. The van der Waals surface area contributed by atoms with Crippen LogP contribution in [0, 0.1) is 0 Å². The highest BCUT2D eigenvalue weighted by Crippen LogP contribution is 2.40. The molecular formula is C12H19BN2O2. The van der Waals surface area contributed by atoms with Crippen LogP contribution >= 0.6 is 0 Å². The predicted molar refractivity (Wildman–Crippen MR) is 66.3 cm³/mol. The zero-order valence-electron chi connectivity index (χ0n) is 10.9. The Kier molecular flexibility index (Phi) is 2.23. The van der Waals surface area contributed by atoms with Gasteiger partial charge in [0.05, 0.1) is 16.9 Å². The highest BCUT2D eigenvalue weighted by molar-refractivity contribution is 6.62. The van der Waals surface area contributed by atoms with E-state index in [2.05, 4.69) is 37.9 Å². The lowest BCUT2D eigenvalue weighted by Gasteiger charge is -2.32. The van der Waals surface area contributed by atoms with E-state index < -0.39 is 0 Å². The first kappa shape index (κ1) is 11.3. The molecule has 2 fully saturated rings. The zero-order valence-corrected chi connectivity index (χ0v) is 10.9. The van der Waals surface area contributed by atoms with Gasteiger partial charge in [0.1, 0.15) is 0 Å². The molecule has 92 valence electrons. The Morgan fingerprint density at radius 3 is 2.35 bits per heavy atom. The lowest BCUT2D eigenvalue weighted by Crippen LogP contribution is -2.41. The summed E-state index contributed by atoms with van der Waals surface area (Å²) in [6.07, 6.45) is 4.38. The van der Waals surface area contributed by atoms with Crippen molar-refractivity contribution >= 4 is 12.6 Å². The van der Waals surface area contributed by atoms with Crippen LogP contribution in [0.5, 0.6) is 0 Å². The van der Waals surface area contributed by atoms with E-state index in [9.17, 15) is 0 Å². The first-order valence-corrected chi connectivity index (χ1v) is 6.30. The lowest BCUT2D eigenvalue weighted by atomic mass is 9.78. The molecule has 0 aromatic carbocycles. The van der Waals surface area contributed by atoms with E-state index in [-0.39, 0.29) is 18.3 Å². The molecule has 1 aromatic heterocycles. The van der Waals surface area contributed by atoms with E-state index in [0.29, 0.717) is 5.92 Å². The smallest absolute Gasteiger partial charge is 0.399 e. The van der Waals surface area contributed by atoms with Gasteiger partial charge >= 0.3 is 7.12 Å². The quantitative estimate of drug-likeness (QED) is 0.790. The van der Waals surface area contributed by atoms with Crippen molar-refractivity contribution in [3.05, 3.63) is 11.9 Å².